The van der Waals surface area contributed by atoms with Gasteiger partial charge in [0.25, 0.3) is 0 Å². The maximum Gasteiger partial charge on any atom is 0.160 e. The maximum absolute atomic E-state index is 12.4. The van der Waals surface area contributed by atoms with Gasteiger partial charge in [0.2, 0.25) is 0 Å². The highest BCUT2D eigenvalue weighted by Crippen LogP contribution is 2.27. The molecule has 0 aliphatic rings. The average Bonchev–Trinajstić information content (AvgIpc) is 2.66. The molecule has 0 fully saturated rings. The Kier molecular flexibility index (Phi) is 12.6. The summed E-state index contributed by atoms with van der Waals surface area (Å²) in [5.41, 5.74) is 0.998. The molecule has 1 aromatic rings. The Bertz CT molecular complexity index is 527. The molecule has 4 nitrogen and oxygen atoms in total. The van der Waals surface area contributed by atoms with Crippen LogP contribution in [0.15, 0.2) is 18.2 Å². The molecule has 0 aliphatic heterocycles. The van der Waals surface area contributed by atoms with Gasteiger partial charge in [0.1, 0.15) is 5.78 Å². The van der Waals surface area contributed by atoms with Gasteiger partial charge >= 0.3 is 0 Å². The van der Waals surface area contributed by atoms with Crippen molar-refractivity contribution in [2.75, 3.05) is 13.7 Å². The molecule has 0 saturated carbocycles. The summed E-state index contributed by atoms with van der Waals surface area (Å²) < 4.78 is 10.9. The fraction of sp³-hybridized carbons (Fsp3) is 0.696. The molecule has 0 aromatic heterocycles. The zero-order valence-corrected chi connectivity index (χ0v) is 17.5. The highest BCUT2D eigenvalue weighted by atomic mass is 16.5. The van der Waals surface area contributed by atoms with Crippen molar-refractivity contribution in [2.24, 2.45) is 0 Å². The van der Waals surface area contributed by atoms with Crippen LogP contribution >= 0.6 is 0 Å². The Labute approximate surface area is 165 Å². The van der Waals surface area contributed by atoms with Crippen LogP contribution in [0.2, 0.25) is 0 Å². The lowest BCUT2D eigenvalue weighted by Gasteiger charge is -2.16. The van der Waals surface area contributed by atoms with Crippen LogP contribution in [-0.2, 0) is 16.0 Å². The topological polar surface area (TPSA) is 55.8 Å². The zero-order chi connectivity index (χ0) is 19.9. The van der Waals surface area contributed by atoms with Gasteiger partial charge in [-0.2, -0.15) is 0 Å². The molecule has 0 heterocycles. The number of unbranched alkanes of at least 4 members (excludes halogenated alkanes) is 6. The molecule has 1 rings (SSSR count). The number of benzene rings is 1. The van der Waals surface area contributed by atoms with E-state index >= 15 is 0 Å². The first-order chi connectivity index (χ1) is 13.1. The summed E-state index contributed by atoms with van der Waals surface area (Å²) in [5, 5.41) is 9.64. The first-order valence-corrected chi connectivity index (χ1v) is 10.6. The van der Waals surface area contributed by atoms with Crippen LogP contribution in [0.4, 0.5) is 0 Å². The third-order valence-corrected chi connectivity index (χ3v) is 4.92. The van der Waals surface area contributed by atoms with Gasteiger partial charge in [0.05, 0.1) is 13.2 Å². The molecule has 1 N–H and O–H groups in total. The molecule has 0 saturated heterocycles. The summed E-state index contributed by atoms with van der Waals surface area (Å²) in [6.07, 6.45) is 11.6. The summed E-state index contributed by atoms with van der Waals surface area (Å²) in [6, 6.07) is 5.24. The van der Waals surface area contributed by atoms with E-state index in [1.807, 2.05) is 13.0 Å². The van der Waals surface area contributed by atoms with Crippen LogP contribution in [0.5, 0.6) is 11.5 Å². The van der Waals surface area contributed by atoms with E-state index in [1.165, 1.54) is 45.6 Å². The smallest absolute Gasteiger partial charge is 0.160 e. The first-order valence-electron chi connectivity index (χ1n) is 10.6. The zero-order valence-electron chi connectivity index (χ0n) is 17.5. The van der Waals surface area contributed by atoms with Crippen molar-refractivity contribution < 1.29 is 19.4 Å². The number of ketones is 1. The van der Waals surface area contributed by atoms with Gasteiger partial charge in [0, 0.05) is 19.4 Å². The fourth-order valence-corrected chi connectivity index (χ4v) is 3.33. The number of aryl methyl sites for hydroxylation is 1. The van der Waals surface area contributed by atoms with Crippen molar-refractivity contribution in [3.05, 3.63) is 23.8 Å². The number of carbonyl (C=O) groups is 1. The van der Waals surface area contributed by atoms with Crippen molar-refractivity contribution in [3.8, 4) is 11.5 Å². The molecule has 0 bridgehead atoms. The second-order valence-corrected chi connectivity index (χ2v) is 7.24. The van der Waals surface area contributed by atoms with Gasteiger partial charge in [-0.1, -0.05) is 57.9 Å². The predicted molar refractivity (Wildman–Crippen MR) is 111 cm³/mol. The maximum atomic E-state index is 12.4. The number of Topliss-reactive ketones (excluding diaryl/α,β-unsaturated/α-hetero) is 1. The van der Waals surface area contributed by atoms with Crippen LogP contribution in [-0.4, -0.2) is 30.7 Å². The standard InChI is InChI=1S/C23H38O4/c1-4-6-7-8-9-10-11-12-21(27-5-2)18-20(24)15-13-19-14-16-22(25)23(17-19)26-3/h14,16-17,21,25H,4-13,15,18H2,1-3H3/t21-/m1/s1. The molecule has 0 spiro atoms. The lowest BCUT2D eigenvalue weighted by Crippen LogP contribution is -2.18. The Balaban J connectivity index is 2.31. The molecule has 154 valence electrons. The van der Waals surface area contributed by atoms with E-state index in [4.69, 9.17) is 9.47 Å². The van der Waals surface area contributed by atoms with Gasteiger partial charge in [-0.3, -0.25) is 4.79 Å². The van der Waals surface area contributed by atoms with E-state index in [-0.39, 0.29) is 17.6 Å². The molecule has 27 heavy (non-hydrogen) atoms. The molecule has 1 aromatic carbocycles. The number of hydrogen-bond donors (Lipinski definition) is 1. The minimum Gasteiger partial charge on any atom is -0.504 e. The number of phenolic OH excluding ortho intramolecular Hbond substituents is 1. The van der Waals surface area contributed by atoms with E-state index < -0.39 is 0 Å². The number of phenols is 1. The number of aromatic hydroxyl groups is 1. The highest BCUT2D eigenvalue weighted by molar-refractivity contribution is 5.79. The van der Waals surface area contributed by atoms with Crippen molar-refractivity contribution >= 4 is 5.78 Å². The predicted octanol–water partition coefficient (Wildman–Crippen LogP) is 5.84. The van der Waals surface area contributed by atoms with E-state index in [9.17, 15) is 9.90 Å². The quantitative estimate of drug-likeness (QED) is 0.367. The van der Waals surface area contributed by atoms with Gasteiger partial charge < -0.3 is 14.6 Å². The van der Waals surface area contributed by atoms with Gasteiger partial charge in [-0.15, -0.1) is 0 Å². The van der Waals surface area contributed by atoms with Gasteiger partial charge in [-0.05, 0) is 37.5 Å². The van der Waals surface area contributed by atoms with Crippen LogP contribution in [0, 0.1) is 0 Å². The van der Waals surface area contributed by atoms with Crippen LogP contribution in [0.25, 0.3) is 0 Å². The van der Waals surface area contributed by atoms with Crippen molar-refractivity contribution in [2.45, 2.75) is 90.6 Å². The summed E-state index contributed by atoms with van der Waals surface area (Å²) in [5.74, 6) is 0.813. The summed E-state index contributed by atoms with van der Waals surface area (Å²) in [6.45, 7) is 4.89. The lowest BCUT2D eigenvalue weighted by atomic mass is 10.00. The molecule has 0 amide bonds. The van der Waals surface area contributed by atoms with E-state index in [1.54, 1.807) is 12.1 Å². The fourth-order valence-electron chi connectivity index (χ4n) is 3.33. The minimum absolute atomic E-state index is 0.0486. The Hall–Kier alpha value is -1.55. The monoisotopic (exact) mass is 378 g/mol. The lowest BCUT2D eigenvalue weighted by molar-refractivity contribution is -0.122. The molecule has 1 atom stereocenters. The Morgan fingerprint density at radius 2 is 1.78 bits per heavy atom. The van der Waals surface area contributed by atoms with E-state index in [0.29, 0.717) is 31.6 Å². The van der Waals surface area contributed by atoms with E-state index in [0.717, 1.165) is 18.4 Å². The normalized spacial score (nSPS) is 12.1. The first kappa shape index (κ1) is 23.5. The number of methoxy groups -OCH3 is 1. The van der Waals surface area contributed by atoms with E-state index in [2.05, 4.69) is 6.92 Å². The van der Waals surface area contributed by atoms with Gasteiger partial charge in [0.15, 0.2) is 11.5 Å². The number of rotatable bonds is 16. The van der Waals surface area contributed by atoms with Crippen molar-refractivity contribution in [1.29, 1.82) is 0 Å². The third-order valence-electron chi connectivity index (χ3n) is 4.92. The molecule has 0 unspecified atom stereocenters. The molecule has 0 aliphatic carbocycles. The third kappa shape index (κ3) is 10.4. The second kappa shape index (κ2) is 14.5. The SMILES string of the molecule is CCCCCCCCC[C@H](CC(=O)CCc1ccc(O)c(OC)c1)OCC. The average molecular weight is 379 g/mol. The molecule has 0 radical (unpaired) electrons. The number of ether oxygens (including phenoxy) is 2. The van der Waals surface area contributed by atoms with Gasteiger partial charge in [-0.25, -0.2) is 0 Å². The second-order valence-electron chi connectivity index (χ2n) is 7.24. The summed E-state index contributed by atoms with van der Waals surface area (Å²) in [7, 11) is 1.53. The largest absolute Gasteiger partial charge is 0.504 e. The Morgan fingerprint density at radius 1 is 1.07 bits per heavy atom. The van der Waals surface area contributed by atoms with Crippen molar-refractivity contribution in [1.82, 2.24) is 0 Å². The number of hydrogen-bond acceptors (Lipinski definition) is 4. The molecule has 4 heteroatoms. The van der Waals surface area contributed by atoms with Crippen molar-refractivity contribution in [3.63, 3.8) is 0 Å². The molecular formula is C23H38O4. The number of carbonyl (C=O) groups excluding carboxylic acids is 1. The minimum atomic E-state index is 0.0486. The van der Waals surface area contributed by atoms with Crippen LogP contribution < -0.4 is 4.74 Å². The van der Waals surface area contributed by atoms with Crippen LogP contribution in [0.1, 0.15) is 83.6 Å². The molecular weight excluding hydrogens is 340 g/mol. The summed E-state index contributed by atoms with van der Waals surface area (Å²) >= 11 is 0. The Morgan fingerprint density at radius 3 is 2.44 bits per heavy atom. The highest BCUT2D eigenvalue weighted by Gasteiger charge is 2.14. The summed E-state index contributed by atoms with van der Waals surface area (Å²) in [4.78, 5) is 12.4. The van der Waals surface area contributed by atoms with Crippen LogP contribution in [0.3, 0.4) is 0 Å².